The van der Waals surface area contributed by atoms with Crippen molar-refractivity contribution in [2.24, 2.45) is 0 Å². The summed E-state index contributed by atoms with van der Waals surface area (Å²) >= 11 is 2.21. The molecule has 1 N–H and O–H groups in total. The van der Waals surface area contributed by atoms with Crippen LogP contribution in [0, 0.1) is 24.3 Å². The Bertz CT molecular complexity index is 1180. The Kier molecular flexibility index (Phi) is 6.82. The van der Waals surface area contributed by atoms with Crippen molar-refractivity contribution in [3.8, 4) is 0 Å². The topological polar surface area (TPSA) is 66.5 Å². The Hall–Kier alpha value is -2.39. The van der Waals surface area contributed by atoms with Crippen LogP contribution >= 0.6 is 22.6 Å². The Labute approximate surface area is 191 Å². The van der Waals surface area contributed by atoms with E-state index in [1.165, 1.54) is 4.31 Å². The van der Waals surface area contributed by atoms with Crippen LogP contribution in [0.15, 0.2) is 71.6 Å². The van der Waals surface area contributed by atoms with Crippen molar-refractivity contribution in [2.45, 2.75) is 25.7 Å². The lowest BCUT2D eigenvalue weighted by atomic mass is 10.2. The van der Waals surface area contributed by atoms with E-state index in [2.05, 4.69) is 27.9 Å². The van der Waals surface area contributed by atoms with Crippen LogP contribution in [0.3, 0.4) is 0 Å². The molecule has 3 rings (SSSR count). The van der Waals surface area contributed by atoms with Crippen molar-refractivity contribution in [2.75, 3.05) is 16.2 Å². The first-order valence-corrected chi connectivity index (χ1v) is 11.9. The number of hydrogen-bond acceptors (Lipinski definition) is 3. The van der Waals surface area contributed by atoms with Crippen LogP contribution in [0.2, 0.25) is 0 Å². The number of amides is 1. The molecule has 30 heavy (non-hydrogen) atoms. The van der Waals surface area contributed by atoms with Crippen molar-refractivity contribution < 1.29 is 13.2 Å². The molecule has 5 nitrogen and oxygen atoms in total. The van der Waals surface area contributed by atoms with Crippen molar-refractivity contribution >= 4 is 49.9 Å². The normalized spacial score (nSPS) is 11.2. The average Bonchev–Trinajstić information content (AvgIpc) is 2.69. The Morgan fingerprint density at radius 3 is 2.23 bits per heavy atom. The van der Waals surface area contributed by atoms with Gasteiger partial charge in [0.25, 0.3) is 10.0 Å². The highest BCUT2D eigenvalue weighted by Gasteiger charge is 2.28. The number of nitrogens with zero attached hydrogens (tertiary/aromatic N) is 1. The third-order valence-corrected chi connectivity index (χ3v) is 7.19. The van der Waals surface area contributed by atoms with Crippen LogP contribution in [0.5, 0.6) is 0 Å². The number of anilines is 2. The van der Waals surface area contributed by atoms with Gasteiger partial charge in [-0.2, -0.15) is 0 Å². The molecule has 3 aromatic carbocycles. The zero-order valence-electron chi connectivity index (χ0n) is 17.0. The van der Waals surface area contributed by atoms with Crippen LogP contribution in [-0.2, 0) is 14.8 Å². The molecule has 0 radical (unpaired) electrons. The fourth-order valence-corrected chi connectivity index (χ4v) is 5.20. The third-order valence-electron chi connectivity index (χ3n) is 4.74. The second-order valence-electron chi connectivity index (χ2n) is 7.12. The molecule has 0 saturated carbocycles. The van der Waals surface area contributed by atoms with Crippen LogP contribution in [0.25, 0.3) is 0 Å². The van der Waals surface area contributed by atoms with Crippen LogP contribution in [-0.4, -0.2) is 20.9 Å². The summed E-state index contributed by atoms with van der Waals surface area (Å²) in [6, 6.07) is 19.4. The summed E-state index contributed by atoms with van der Waals surface area (Å²) in [6.45, 7) is 5.30. The molecule has 156 valence electrons. The monoisotopic (exact) mass is 534 g/mol. The standard InChI is InChI=1S/C23H23IN2O3S/c1-16-8-11-20(12-9-16)30(28,29)26(22-7-5-4-6-17(22)2)15-23(27)25-21-13-10-19(24)14-18(21)3/h4-14H,15H2,1-3H3,(H,25,27). The first kappa shape index (κ1) is 22.3. The van der Waals surface area contributed by atoms with Gasteiger partial charge in [-0.1, -0.05) is 35.9 Å². The van der Waals surface area contributed by atoms with Crippen molar-refractivity contribution in [1.82, 2.24) is 0 Å². The van der Waals surface area contributed by atoms with E-state index in [0.717, 1.165) is 20.3 Å². The number of para-hydroxylation sites is 1. The predicted octanol–water partition coefficient (Wildman–Crippen LogP) is 5.05. The lowest BCUT2D eigenvalue weighted by molar-refractivity contribution is -0.114. The minimum atomic E-state index is -3.93. The van der Waals surface area contributed by atoms with E-state index in [1.54, 1.807) is 36.4 Å². The van der Waals surface area contributed by atoms with E-state index in [0.29, 0.717) is 11.4 Å². The summed E-state index contributed by atoms with van der Waals surface area (Å²) in [6.07, 6.45) is 0. The van der Waals surface area contributed by atoms with Gasteiger partial charge in [-0.05, 0) is 90.9 Å². The molecule has 0 spiro atoms. The molecule has 0 aliphatic heterocycles. The maximum atomic E-state index is 13.4. The molecule has 0 aliphatic rings. The van der Waals surface area contributed by atoms with E-state index < -0.39 is 15.9 Å². The number of sulfonamides is 1. The maximum absolute atomic E-state index is 13.4. The van der Waals surface area contributed by atoms with Gasteiger partial charge in [0.1, 0.15) is 6.54 Å². The summed E-state index contributed by atoms with van der Waals surface area (Å²) < 4.78 is 29.1. The number of benzene rings is 3. The minimum Gasteiger partial charge on any atom is -0.324 e. The minimum absolute atomic E-state index is 0.148. The van der Waals surface area contributed by atoms with Gasteiger partial charge in [-0.15, -0.1) is 0 Å². The number of rotatable bonds is 6. The molecule has 0 heterocycles. The van der Waals surface area contributed by atoms with E-state index in [9.17, 15) is 13.2 Å². The summed E-state index contributed by atoms with van der Waals surface area (Å²) in [4.78, 5) is 13.0. The highest BCUT2D eigenvalue weighted by atomic mass is 127. The van der Waals surface area contributed by atoms with Gasteiger partial charge < -0.3 is 5.32 Å². The zero-order valence-corrected chi connectivity index (χ0v) is 20.0. The van der Waals surface area contributed by atoms with E-state index >= 15 is 0 Å². The number of aryl methyl sites for hydroxylation is 3. The van der Waals surface area contributed by atoms with Gasteiger partial charge in [-0.3, -0.25) is 9.10 Å². The quantitative estimate of drug-likeness (QED) is 0.451. The number of nitrogens with one attached hydrogen (secondary N) is 1. The zero-order chi connectivity index (χ0) is 21.9. The fourth-order valence-electron chi connectivity index (χ4n) is 3.07. The molecule has 0 bridgehead atoms. The summed E-state index contributed by atoms with van der Waals surface area (Å²) in [5.74, 6) is -0.404. The van der Waals surface area contributed by atoms with E-state index in [1.807, 2.05) is 51.1 Å². The van der Waals surface area contributed by atoms with Gasteiger partial charge >= 0.3 is 0 Å². The second-order valence-corrected chi connectivity index (χ2v) is 10.2. The highest BCUT2D eigenvalue weighted by molar-refractivity contribution is 14.1. The number of hydrogen-bond donors (Lipinski definition) is 1. The first-order valence-electron chi connectivity index (χ1n) is 9.39. The molecular formula is C23H23IN2O3S. The molecule has 0 aromatic heterocycles. The molecule has 7 heteroatoms. The molecule has 0 atom stereocenters. The van der Waals surface area contributed by atoms with Gasteiger partial charge in [0.05, 0.1) is 10.6 Å². The lowest BCUT2D eigenvalue weighted by Crippen LogP contribution is -2.38. The first-order chi connectivity index (χ1) is 14.2. The summed E-state index contributed by atoms with van der Waals surface area (Å²) in [5, 5.41) is 2.84. The molecule has 1 amide bonds. The Morgan fingerprint density at radius 2 is 1.60 bits per heavy atom. The van der Waals surface area contributed by atoms with Gasteiger partial charge in [0.2, 0.25) is 5.91 Å². The van der Waals surface area contributed by atoms with E-state index in [-0.39, 0.29) is 11.4 Å². The molecule has 0 aliphatic carbocycles. The molecular weight excluding hydrogens is 511 g/mol. The van der Waals surface area contributed by atoms with Gasteiger partial charge in [0, 0.05) is 9.26 Å². The molecule has 0 unspecified atom stereocenters. The molecule has 0 saturated heterocycles. The lowest BCUT2D eigenvalue weighted by Gasteiger charge is -2.25. The highest BCUT2D eigenvalue weighted by Crippen LogP contribution is 2.27. The smallest absolute Gasteiger partial charge is 0.264 e. The third kappa shape index (κ3) is 5.02. The number of halogens is 1. The molecule has 3 aromatic rings. The molecule has 0 fully saturated rings. The Morgan fingerprint density at radius 1 is 0.933 bits per heavy atom. The maximum Gasteiger partial charge on any atom is 0.264 e. The van der Waals surface area contributed by atoms with Gasteiger partial charge in [-0.25, -0.2) is 8.42 Å². The summed E-state index contributed by atoms with van der Waals surface area (Å²) in [5.41, 5.74) is 3.79. The van der Waals surface area contributed by atoms with Crippen molar-refractivity contribution in [1.29, 1.82) is 0 Å². The van der Waals surface area contributed by atoms with Crippen molar-refractivity contribution in [3.63, 3.8) is 0 Å². The number of carbonyl (C=O) groups excluding carboxylic acids is 1. The van der Waals surface area contributed by atoms with Crippen LogP contribution in [0.1, 0.15) is 16.7 Å². The second kappa shape index (κ2) is 9.18. The Balaban J connectivity index is 1.97. The predicted molar refractivity (Wildman–Crippen MR) is 129 cm³/mol. The van der Waals surface area contributed by atoms with Crippen molar-refractivity contribution in [3.05, 3.63) is 87.0 Å². The SMILES string of the molecule is Cc1ccc(S(=O)(=O)N(CC(=O)Nc2ccc(I)cc2C)c2ccccc2C)cc1. The van der Waals surface area contributed by atoms with Crippen LogP contribution in [0.4, 0.5) is 11.4 Å². The summed E-state index contributed by atoms with van der Waals surface area (Å²) in [7, 11) is -3.93. The fraction of sp³-hybridized carbons (Fsp3) is 0.174. The van der Waals surface area contributed by atoms with Gasteiger partial charge in [0.15, 0.2) is 0 Å². The average molecular weight is 534 g/mol. The number of carbonyl (C=O) groups is 1. The van der Waals surface area contributed by atoms with Crippen LogP contribution < -0.4 is 9.62 Å². The largest absolute Gasteiger partial charge is 0.324 e. The van der Waals surface area contributed by atoms with E-state index in [4.69, 9.17) is 0 Å².